The number of aliphatic hydroxyl groups excluding tert-OH is 1. The second kappa shape index (κ2) is 14.9. The van der Waals surface area contributed by atoms with Crippen LogP contribution in [0.4, 0.5) is 0 Å². The molecule has 0 saturated carbocycles. The maximum absolute atomic E-state index is 12.8. The van der Waals surface area contributed by atoms with Crippen LogP contribution in [0.15, 0.2) is 137 Å². The molecule has 2 N–H and O–H groups in total. The van der Waals surface area contributed by atoms with E-state index >= 15 is 0 Å². The minimum atomic E-state index is -3.63. The van der Waals surface area contributed by atoms with Gasteiger partial charge in [0.1, 0.15) is 0 Å². The summed E-state index contributed by atoms with van der Waals surface area (Å²) < 4.78 is 44.0. The number of thiazole rings is 1. The zero-order valence-electron chi connectivity index (χ0n) is 26.8. The van der Waals surface area contributed by atoms with Gasteiger partial charge in [0, 0.05) is 23.8 Å². The number of fused-ring (bicyclic) bond motifs is 1. The van der Waals surface area contributed by atoms with Crippen LogP contribution < -0.4 is 4.72 Å². The number of para-hydroxylation sites is 1. The average molecular weight is 709 g/mol. The Bertz CT molecular complexity index is 2100. The Kier molecular flexibility index (Phi) is 10.2. The highest BCUT2D eigenvalue weighted by atomic mass is 32.2. The first-order valence-corrected chi connectivity index (χ1v) is 19.4. The first-order chi connectivity index (χ1) is 23.9. The zero-order chi connectivity index (χ0) is 33.8. The number of aromatic nitrogens is 1. The van der Waals surface area contributed by atoms with Crippen molar-refractivity contribution in [2.24, 2.45) is 5.92 Å². The molecule has 6 aromatic rings. The van der Waals surface area contributed by atoms with Gasteiger partial charge in [0.15, 0.2) is 10.6 Å². The quantitative estimate of drug-likeness (QED) is 0.130. The lowest BCUT2D eigenvalue weighted by molar-refractivity contribution is -0.268. The van der Waals surface area contributed by atoms with E-state index in [2.05, 4.69) is 23.8 Å². The largest absolute Gasteiger partial charge is 0.392 e. The Hall–Kier alpha value is -3.87. The Morgan fingerprint density at radius 2 is 1.53 bits per heavy atom. The van der Waals surface area contributed by atoms with Gasteiger partial charge in [-0.2, -0.15) is 0 Å². The van der Waals surface area contributed by atoms with E-state index in [1.54, 1.807) is 53.4 Å². The van der Waals surface area contributed by atoms with Crippen molar-refractivity contribution < 1.29 is 23.0 Å². The lowest BCUT2D eigenvalue weighted by Gasteiger charge is -2.41. The van der Waals surface area contributed by atoms with Gasteiger partial charge < -0.3 is 14.6 Å². The molecule has 5 aromatic carbocycles. The van der Waals surface area contributed by atoms with Gasteiger partial charge in [-0.15, -0.1) is 11.3 Å². The van der Waals surface area contributed by atoms with Crippen molar-refractivity contribution in [3.63, 3.8) is 0 Å². The molecule has 1 aromatic heterocycles. The van der Waals surface area contributed by atoms with Crippen LogP contribution >= 0.6 is 23.1 Å². The third-order valence-corrected chi connectivity index (χ3v) is 12.4. The third-order valence-electron chi connectivity index (χ3n) is 8.71. The number of sulfonamides is 1. The minimum absolute atomic E-state index is 0.0125. The zero-order valence-corrected chi connectivity index (χ0v) is 29.3. The first-order valence-electron chi connectivity index (χ1n) is 16.1. The molecule has 7 nitrogen and oxygen atoms in total. The van der Waals surface area contributed by atoms with Gasteiger partial charge in [0.25, 0.3) is 0 Å². The number of nitrogens with zero attached hydrogens (tertiary/aromatic N) is 1. The maximum atomic E-state index is 12.8. The van der Waals surface area contributed by atoms with Crippen LogP contribution in [0.25, 0.3) is 21.3 Å². The Morgan fingerprint density at radius 3 is 2.31 bits per heavy atom. The Labute approximate surface area is 295 Å². The molecule has 4 atom stereocenters. The van der Waals surface area contributed by atoms with Crippen molar-refractivity contribution in [2.45, 2.75) is 47.8 Å². The molecule has 250 valence electrons. The van der Waals surface area contributed by atoms with E-state index in [4.69, 9.17) is 14.5 Å². The van der Waals surface area contributed by atoms with Crippen molar-refractivity contribution in [3.05, 3.63) is 150 Å². The van der Waals surface area contributed by atoms with E-state index in [0.717, 1.165) is 43.2 Å². The lowest BCUT2D eigenvalue weighted by Crippen LogP contribution is -2.38. The molecule has 7 rings (SSSR count). The average Bonchev–Trinajstić information content (AvgIpc) is 3.57. The summed E-state index contributed by atoms with van der Waals surface area (Å²) in [7, 11) is -3.63. The smallest absolute Gasteiger partial charge is 0.240 e. The van der Waals surface area contributed by atoms with Gasteiger partial charge in [-0.25, -0.2) is 18.1 Å². The molecular formula is C39H36N2O5S3. The Balaban J connectivity index is 1.12. The number of hydrogen-bond donors (Lipinski definition) is 2. The monoisotopic (exact) mass is 708 g/mol. The summed E-state index contributed by atoms with van der Waals surface area (Å²) in [5.41, 5.74) is 6.57. The molecule has 0 bridgehead atoms. The van der Waals surface area contributed by atoms with Crippen LogP contribution in [0.1, 0.15) is 41.6 Å². The summed E-state index contributed by atoms with van der Waals surface area (Å²) in [6.45, 7) is 2.32. The number of hydrogen-bond acceptors (Lipinski definition) is 8. The fraction of sp³-hybridized carbons (Fsp3) is 0.205. The molecule has 0 radical (unpaired) electrons. The summed E-state index contributed by atoms with van der Waals surface area (Å²) in [6.07, 6.45) is -0.958. The predicted molar refractivity (Wildman–Crippen MR) is 196 cm³/mol. The first kappa shape index (κ1) is 33.6. The second-order valence-electron chi connectivity index (χ2n) is 12.0. The van der Waals surface area contributed by atoms with Crippen LogP contribution in [0, 0.1) is 5.92 Å². The normalized spacial score (nSPS) is 19.6. The molecule has 1 aliphatic heterocycles. The van der Waals surface area contributed by atoms with Gasteiger partial charge in [0.2, 0.25) is 10.0 Å². The van der Waals surface area contributed by atoms with Crippen molar-refractivity contribution >= 4 is 43.3 Å². The highest BCUT2D eigenvalue weighted by Gasteiger charge is 2.38. The third kappa shape index (κ3) is 7.81. The van der Waals surface area contributed by atoms with Gasteiger partial charge in [0.05, 0.1) is 33.9 Å². The van der Waals surface area contributed by atoms with Crippen LogP contribution in [0.5, 0.6) is 0 Å². The lowest BCUT2D eigenvalue weighted by atomic mass is 9.91. The van der Waals surface area contributed by atoms with Crippen LogP contribution in [0.2, 0.25) is 0 Å². The van der Waals surface area contributed by atoms with Crippen LogP contribution in [0.3, 0.4) is 0 Å². The summed E-state index contributed by atoms with van der Waals surface area (Å²) in [5, 5.41) is 9.61. The summed E-state index contributed by atoms with van der Waals surface area (Å²) in [6, 6.07) is 40.5. The SMILES string of the molecule is C[C@H]1[C@@H](CSc2nc3ccccc3s2)O[C@@H](c2cccc(-c3cccc(CNS(=O)(=O)c4ccccc4)c3)c2)O[C@H]1c1ccc(CO)cc1. The van der Waals surface area contributed by atoms with E-state index in [-0.39, 0.29) is 36.2 Å². The standard InChI is InChI=1S/C39H36N2O5S3/c1-26-35(25-47-39-41-34-15-5-6-16-36(34)48-39)45-38(46-37(26)29-19-17-27(24-42)18-20-29)32-12-8-11-31(22-32)30-10-7-9-28(21-30)23-40-49(43,44)33-13-3-2-4-14-33/h2-22,26,35,37-38,40,42H,23-25H2,1H3/t26-,35+,37+,38+/m0/s1. The second-order valence-corrected chi connectivity index (χ2v) is 16.1. The van der Waals surface area contributed by atoms with Crippen molar-refractivity contribution in [2.75, 3.05) is 5.75 Å². The minimum Gasteiger partial charge on any atom is -0.392 e. The number of aliphatic hydroxyl groups is 1. The van der Waals surface area contributed by atoms with Gasteiger partial charge in [-0.1, -0.05) is 110 Å². The Morgan fingerprint density at radius 1 is 0.796 bits per heavy atom. The van der Waals surface area contributed by atoms with E-state index in [1.807, 2.05) is 84.9 Å². The molecule has 0 amide bonds. The molecule has 0 spiro atoms. The number of thioether (sulfide) groups is 1. The molecule has 2 heterocycles. The molecule has 0 unspecified atom stereocenters. The van der Waals surface area contributed by atoms with Crippen LogP contribution in [-0.2, 0) is 32.6 Å². The van der Waals surface area contributed by atoms with Gasteiger partial charge in [-0.05, 0) is 64.2 Å². The fourth-order valence-corrected chi connectivity index (χ4v) is 9.26. The van der Waals surface area contributed by atoms with E-state index in [9.17, 15) is 13.5 Å². The molecule has 1 saturated heterocycles. The van der Waals surface area contributed by atoms with Gasteiger partial charge in [-0.3, -0.25) is 0 Å². The van der Waals surface area contributed by atoms with Crippen molar-refractivity contribution in [1.82, 2.24) is 9.71 Å². The van der Waals surface area contributed by atoms with E-state index < -0.39 is 16.3 Å². The predicted octanol–water partition coefficient (Wildman–Crippen LogP) is 8.52. The summed E-state index contributed by atoms with van der Waals surface area (Å²) in [5.74, 6) is 0.768. The number of benzene rings is 5. The van der Waals surface area contributed by atoms with Crippen molar-refractivity contribution in [1.29, 1.82) is 0 Å². The maximum Gasteiger partial charge on any atom is 0.240 e. The fourth-order valence-electron chi connectivity index (χ4n) is 5.96. The van der Waals surface area contributed by atoms with Gasteiger partial charge >= 0.3 is 0 Å². The molecule has 1 aliphatic rings. The summed E-state index contributed by atoms with van der Waals surface area (Å²) >= 11 is 3.40. The number of rotatable bonds is 11. The molecule has 10 heteroatoms. The molecule has 0 aliphatic carbocycles. The molecular weight excluding hydrogens is 673 g/mol. The summed E-state index contributed by atoms with van der Waals surface area (Å²) in [4.78, 5) is 5.06. The van der Waals surface area contributed by atoms with Crippen molar-refractivity contribution in [3.8, 4) is 11.1 Å². The van der Waals surface area contributed by atoms with E-state index in [1.165, 1.54) is 4.70 Å². The van der Waals surface area contributed by atoms with E-state index in [0.29, 0.717) is 5.75 Å². The molecule has 1 fully saturated rings. The molecule has 49 heavy (non-hydrogen) atoms. The topological polar surface area (TPSA) is 97.8 Å². The van der Waals surface area contributed by atoms with Crippen LogP contribution in [-0.4, -0.2) is 30.4 Å². The number of nitrogens with one attached hydrogen (secondary N) is 1. The number of ether oxygens (including phenoxy) is 2. The highest BCUT2D eigenvalue weighted by molar-refractivity contribution is 8.01. The highest BCUT2D eigenvalue weighted by Crippen LogP contribution is 2.44.